The van der Waals surface area contributed by atoms with Crippen LogP contribution in [0.25, 0.3) is 16.7 Å². The molecule has 0 amide bonds. The second-order valence-electron chi connectivity index (χ2n) is 7.34. The summed E-state index contributed by atoms with van der Waals surface area (Å²) in [5.74, 6) is -0.306. The van der Waals surface area contributed by atoms with Crippen LogP contribution < -0.4 is 5.56 Å². The van der Waals surface area contributed by atoms with Gasteiger partial charge in [-0.1, -0.05) is 41.9 Å². The first-order chi connectivity index (χ1) is 16.0. The van der Waals surface area contributed by atoms with E-state index in [0.717, 1.165) is 15.9 Å². The lowest BCUT2D eigenvalue weighted by Crippen LogP contribution is -2.17. The summed E-state index contributed by atoms with van der Waals surface area (Å²) >= 11 is 6.50. The Labute approximate surface area is 192 Å². The van der Waals surface area contributed by atoms with Gasteiger partial charge in [-0.05, 0) is 36.8 Å². The van der Waals surface area contributed by atoms with Crippen LogP contribution in [0.2, 0.25) is 5.15 Å². The Balaban J connectivity index is 1.45. The van der Waals surface area contributed by atoms with E-state index in [1.165, 1.54) is 30.9 Å². The zero-order valence-electron chi connectivity index (χ0n) is 17.4. The first-order valence-corrected chi connectivity index (χ1v) is 10.4. The molecule has 0 N–H and O–H groups in total. The Morgan fingerprint density at radius 2 is 1.88 bits per heavy atom. The predicted molar refractivity (Wildman–Crippen MR) is 124 cm³/mol. The van der Waals surface area contributed by atoms with Crippen molar-refractivity contribution in [1.29, 1.82) is 0 Å². The molecule has 0 saturated carbocycles. The van der Waals surface area contributed by atoms with E-state index >= 15 is 0 Å². The number of fused-ring (bicyclic) bond motifs is 1. The lowest BCUT2D eigenvalue weighted by Gasteiger charge is -2.04. The molecule has 0 spiro atoms. The highest BCUT2D eigenvalue weighted by Crippen LogP contribution is 2.19. The molecule has 0 atom stereocenters. The van der Waals surface area contributed by atoms with Crippen LogP contribution in [-0.4, -0.2) is 35.4 Å². The van der Waals surface area contributed by atoms with Gasteiger partial charge in [-0.25, -0.2) is 18.7 Å². The molecule has 0 aliphatic carbocycles. The summed E-state index contributed by atoms with van der Waals surface area (Å²) in [6.45, 7) is 2.17. The maximum atomic E-state index is 13.1. The zero-order valence-corrected chi connectivity index (χ0v) is 18.2. The van der Waals surface area contributed by atoms with Gasteiger partial charge in [0.15, 0.2) is 5.65 Å². The normalized spacial score (nSPS) is 11.6. The molecule has 0 bridgehead atoms. The quantitative estimate of drug-likeness (QED) is 0.373. The van der Waals surface area contributed by atoms with Crippen LogP contribution in [-0.2, 0) is 6.54 Å². The van der Waals surface area contributed by atoms with E-state index in [9.17, 15) is 9.18 Å². The van der Waals surface area contributed by atoms with E-state index in [1.807, 2.05) is 30.3 Å². The van der Waals surface area contributed by atoms with Crippen molar-refractivity contribution in [1.82, 2.24) is 29.2 Å². The average molecular weight is 462 g/mol. The molecule has 0 unspecified atom stereocenters. The van der Waals surface area contributed by atoms with Crippen molar-refractivity contribution in [2.45, 2.75) is 13.5 Å². The largest absolute Gasteiger partial charge is 0.285 e. The van der Waals surface area contributed by atoms with Gasteiger partial charge in [0.05, 0.1) is 35.9 Å². The smallest absolute Gasteiger partial charge is 0.266 e. The highest BCUT2D eigenvalue weighted by Gasteiger charge is 2.14. The first-order valence-electron chi connectivity index (χ1n) is 10.0. The fraction of sp³-hybridized carbons (Fsp3) is 0.0870. The molecule has 5 aromatic rings. The number of hydrogen-bond acceptors (Lipinski definition) is 5. The van der Waals surface area contributed by atoms with Crippen LogP contribution >= 0.6 is 11.6 Å². The maximum absolute atomic E-state index is 13.1. The molecular weight excluding hydrogens is 445 g/mol. The molecule has 0 aliphatic rings. The minimum Gasteiger partial charge on any atom is -0.266 e. The number of hydrogen-bond donors (Lipinski definition) is 0. The second-order valence-corrected chi connectivity index (χ2v) is 7.70. The van der Waals surface area contributed by atoms with Crippen LogP contribution in [0.1, 0.15) is 16.8 Å². The molecule has 2 aromatic carbocycles. The second kappa shape index (κ2) is 8.44. The van der Waals surface area contributed by atoms with Gasteiger partial charge in [0.1, 0.15) is 22.7 Å². The predicted octanol–water partition coefficient (Wildman–Crippen LogP) is 3.81. The van der Waals surface area contributed by atoms with Gasteiger partial charge in [0.2, 0.25) is 0 Å². The number of benzene rings is 2. The molecule has 3 aromatic heterocycles. The van der Waals surface area contributed by atoms with Gasteiger partial charge in [0, 0.05) is 0 Å². The minimum atomic E-state index is -0.356. The average Bonchev–Trinajstić information content (AvgIpc) is 3.37. The lowest BCUT2D eigenvalue weighted by molar-refractivity contribution is 0.624. The molecule has 33 heavy (non-hydrogen) atoms. The van der Waals surface area contributed by atoms with Crippen molar-refractivity contribution >= 4 is 28.8 Å². The van der Waals surface area contributed by atoms with Crippen LogP contribution in [0.5, 0.6) is 0 Å². The molecule has 0 aliphatic heterocycles. The van der Waals surface area contributed by atoms with Crippen molar-refractivity contribution in [2.24, 2.45) is 5.10 Å². The Hall–Kier alpha value is -4.11. The van der Waals surface area contributed by atoms with Crippen LogP contribution in [0.3, 0.4) is 0 Å². The molecule has 164 valence electrons. The van der Waals surface area contributed by atoms with Gasteiger partial charge >= 0.3 is 0 Å². The fourth-order valence-electron chi connectivity index (χ4n) is 3.44. The number of aromatic nitrogens is 6. The number of nitrogens with zero attached hydrogens (tertiary/aromatic N) is 7. The van der Waals surface area contributed by atoms with Gasteiger partial charge < -0.3 is 0 Å². The SMILES string of the molecule is Cc1nn(Cc2ccc(F)cc2)c(Cl)c1C=Nn1cnc2c(cnn2-c2ccccc2)c1=O. The molecular formula is C23H17ClFN7O. The van der Waals surface area contributed by atoms with E-state index in [-0.39, 0.29) is 11.4 Å². The topological polar surface area (TPSA) is 82.9 Å². The van der Waals surface area contributed by atoms with Crippen molar-refractivity contribution < 1.29 is 4.39 Å². The third-order valence-corrected chi connectivity index (χ3v) is 5.54. The number of rotatable bonds is 5. The summed E-state index contributed by atoms with van der Waals surface area (Å²) in [7, 11) is 0. The van der Waals surface area contributed by atoms with Gasteiger partial charge in [-0.2, -0.15) is 20.0 Å². The molecule has 0 fully saturated rings. The Kier molecular flexibility index (Phi) is 5.31. The van der Waals surface area contributed by atoms with E-state index in [2.05, 4.69) is 20.3 Å². The van der Waals surface area contributed by atoms with Crippen LogP contribution in [0.15, 0.2) is 77.0 Å². The van der Waals surface area contributed by atoms with E-state index in [0.29, 0.717) is 34.0 Å². The van der Waals surface area contributed by atoms with Crippen molar-refractivity contribution in [3.05, 3.63) is 105 Å². The minimum absolute atomic E-state index is 0.306. The molecule has 8 nitrogen and oxygen atoms in total. The van der Waals surface area contributed by atoms with E-state index in [4.69, 9.17) is 11.6 Å². The summed E-state index contributed by atoms with van der Waals surface area (Å²) in [6.07, 6.45) is 4.29. The fourth-order valence-corrected chi connectivity index (χ4v) is 3.73. The Bertz CT molecular complexity index is 1540. The lowest BCUT2D eigenvalue weighted by atomic mass is 10.2. The van der Waals surface area contributed by atoms with Crippen molar-refractivity contribution in [3.63, 3.8) is 0 Å². The summed E-state index contributed by atoms with van der Waals surface area (Å²) in [5, 5.41) is 13.7. The Morgan fingerprint density at radius 3 is 2.64 bits per heavy atom. The van der Waals surface area contributed by atoms with Gasteiger partial charge in [-0.15, -0.1) is 0 Å². The van der Waals surface area contributed by atoms with Gasteiger partial charge in [0.25, 0.3) is 5.56 Å². The third-order valence-electron chi connectivity index (χ3n) is 5.14. The summed E-state index contributed by atoms with van der Waals surface area (Å²) in [4.78, 5) is 17.3. The standard InChI is InChI=1S/C23H17ClFN7O/c1-15-19(21(24)30(29-15)13-16-7-9-17(25)10-8-16)11-27-31-14-26-22-20(23(31)33)12-28-32(22)18-5-3-2-4-6-18/h2-12,14H,13H2,1H3. The molecule has 0 saturated heterocycles. The summed E-state index contributed by atoms with van der Waals surface area (Å²) < 4.78 is 17.5. The van der Waals surface area contributed by atoms with Crippen molar-refractivity contribution in [3.8, 4) is 5.69 Å². The number of aryl methyl sites for hydroxylation is 1. The zero-order chi connectivity index (χ0) is 22.9. The molecule has 5 rings (SSSR count). The van der Waals surface area contributed by atoms with Crippen LogP contribution in [0.4, 0.5) is 4.39 Å². The molecule has 0 radical (unpaired) electrons. The maximum Gasteiger partial charge on any atom is 0.285 e. The Morgan fingerprint density at radius 1 is 1.12 bits per heavy atom. The number of halogens is 2. The highest BCUT2D eigenvalue weighted by atomic mass is 35.5. The molecule has 10 heteroatoms. The first kappa shape index (κ1) is 20.8. The van der Waals surface area contributed by atoms with Gasteiger partial charge in [-0.3, -0.25) is 4.79 Å². The summed E-state index contributed by atoms with van der Waals surface area (Å²) in [5.41, 5.74) is 2.96. The number of para-hydroxylation sites is 1. The van der Waals surface area contributed by atoms with Crippen molar-refractivity contribution in [2.75, 3.05) is 0 Å². The highest BCUT2D eigenvalue weighted by molar-refractivity contribution is 6.32. The van der Waals surface area contributed by atoms with E-state index in [1.54, 1.807) is 28.4 Å². The third kappa shape index (κ3) is 3.94. The molecule has 3 heterocycles. The monoisotopic (exact) mass is 461 g/mol. The van der Waals surface area contributed by atoms with Crippen LogP contribution in [0, 0.1) is 12.7 Å². The van der Waals surface area contributed by atoms with E-state index < -0.39 is 0 Å². The summed E-state index contributed by atoms with van der Waals surface area (Å²) in [6, 6.07) is 15.6.